The van der Waals surface area contributed by atoms with Gasteiger partial charge in [0, 0.05) is 35.4 Å². The molecule has 0 radical (unpaired) electrons. The molecule has 2 aliphatic rings. The second-order valence-corrected chi connectivity index (χ2v) is 11.2. The van der Waals surface area contributed by atoms with Crippen LogP contribution in [0.15, 0.2) is 24.3 Å². The van der Waals surface area contributed by atoms with Crippen LogP contribution >= 0.6 is 22.7 Å². The van der Waals surface area contributed by atoms with Gasteiger partial charge < -0.3 is 9.59 Å². The van der Waals surface area contributed by atoms with Gasteiger partial charge in [-0.1, -0.05) is 0 Å². The Morgan fingerprint density at radius 1 is 0.931 bits per heavy atom. The van der Waals surface area contributed by atoms with Crippen molar-refractivity contribution in [3.05, 3.63) is 43.8 Å². The van der Waals surface area contributed by atoms with Crippen LogP contribution in [0.25, 0.3) is 0 Å². The fraction of sp³-hybridized carbons (Fsp3) is 0.619. The fourth-order valence-corrected chi connectivity index (χ4v) is 7.30. The maximum atomic E-state index is 13.2. The van der Waals surface area contributed by atoms with Gasteiger partial charge in [0.05, 0.1) is 35.9 Å². The van der Waals surface area contributed by atoms with E-state index in [1.54, 1.807) is 0 Å². The molecule has 2 bridgehead atoms. The second-order valence-electron chi connectivity index (χ2n) is 8.92. The third-order valence-corrected chi connectivity index (χ3v) is 9.50. The Balaban J connectivity index is 1.66. The van der Waals surface area contributed by atoms with Crippen LogP contribution in [0.1, 0.15) is 64.5 Å². The van der Waals surface area contributed by atoms with E-state index >= 15 is 0 Å². The largest absolute Gasteiger partial charge is 0.379 e. The van der Waals surface area contributed by atoms with E-state index in [1.807, 2.05) is 0 Å². The highest BCUT2D eigenvalue weighted by molar-refractivity contribution is 7.13. The molecule has 4 heterocycles. The molecular formula is C21H26F4NOS2+. The summed E-state index contributed by atoms with van der Waals surface area (Å²) >= 11 is 1.76. The minimum absolute atomic E-state index is 0.106. The summed E-state index contributed by atoms with van der Waals surface area (Å²) in [6, 6.07) is 6.80. The van der Waals surface area contributed by atoms with Gasteiger partial charge in [0.1, 0.15) is 5.60 Å². The number of alkyl halides is 4. The van der Waals surface area contributed by atoms with Crippen molar-refractivity contribution in [1.82, 2.24) is 0 Å². The molecule has 29 heavy (non-hydrogen) atoms. The van der Waals surface area contributed by atoms with Gasteiger partial charge in [-0.05, 0) is 36.6 Å². The van der Waals surface area contributed by atoms with Crippen LogP contribution in [0.4, 0.5) is 17.6 Å². The molecule has 4 rings (SSSR count). The Labute approximate surface area is 176 Å². The topological polar surface area (TPSA) is 20.2 Å². The number of quaternary nitrogens is 1. The third kappa shape index (κ3) is 3.77. The lowest BCUT2D eigenvalue weighted by Gasteiger charge is -2.45. The molecule has 0 amide bonds. The van der Waals surface area contributed by atoms with E-state index in [1.165, 1.54) is 24.3 Å². The predicted molar refractivity (Wildman–Crippen MR) is 108 cm³/mol. The minimum atomic E-state index is -2.61. The Bertz CT molecular complexity index is 800. The maximum Gasteiger partial charge on any atom is 0.272 e. The highest BCUT2D eigenvalue weighted by Gasteiger charge is 2.51. The van der Waals surface area contributed by atoms with Crippen molar-refractivity contribution in [3.63, 3.8) is 0 Å². The SMILES string of the molecule is C[N+]1(C)C2CCC1CC(CC(O)(c1ccc(C(F)F)s1)c1ccc(C(F)F)s1)C2. The van der Waals surface area contributed by atoms with Crippen molar-refractivity contribution in [2.24, 2.45) is 5.92 Å². The number of thiophene rings is 2. The van der Waals surface area contributed by atoms with Crippen molar-refractivity contribution >= 4 is 22.7 Å². The van der Waals surface area contributed by atoms with Crippen molar-refractivity contribution in [1.29, 1.82) is 0 Å². The van der Waals surface area contributed by atoms with Gasteiger partial charge in [-0.15, -0.1) is 22.7 Å². The van der Waals surface area contributed by atoms with Crippen molar-refractivity contribution in [2.45, 2.75) is 62.6 Å². The van der Waals surface area contributed by atoms with Crippen LogP contribution in [0.2, 0.25) is 0 Å². The number of piperidine rings is 1. The Morgan fingerprint density at radius 2 is 1.38 bits per heavy atom. The predicted octanol–water partition coefficient (Wildman–Crippen LogP) is 6.33. The smallest absolute Gasteiger partial charge is 0.272 e. The van der Waals surface area contributed by atoms with E-state index in [-0.39, 0.29) is 15.7 Å². The van der Waals surface area contributed by atoms with Crippen LogP contribution in [0.5, 0.6) is 0 Å². The molecule has 0 aromatic carbocycles. The van der Waals surface area contributed by atoms with E-state index in [4.69, 9.17) is 0 Å². The van der Waals surface area contributed by atoms with Crippen molar-refractivity contribution in [3.8, 4) is 0 Å². The van der Waals surface area contributed by atoms with E-state index in [0.717, 1.165) is 52.8 Å². The summed E-state index contributed by atoms with van der Waals surface area (Å²) in [6.07, 6.45) is -0.585. The van der Waals surface area contributed by atoms with E-state index in [0.29, 0.717) is 28.3 Å². The maximum absolute atomic E-state index is 13.2. The van der Waals surface area contributed by atoms with Gasteiger partial charge >= 0.3 is 0 Å². The quantitative estimate of drug-likeness (QED) is 0.405. The summed E-state index contributed by atoms with van der Waals surface area (Å²) in [4.78, 5) is 0.625. The highest BCUT2D eigenvalue weighted by Crippen LogP contribution is 2.50. The Morgan fingerprint density at radius 3 is 1.76 bits per heavy atom. The van der Waals surface area contributed by atoms with Crippen LogP contribution in [-0.4, -0.2) is 35.8 Å². The number of rotatable bonds is 6. The molecule has 2 unspecified atom stereocenters. The molecule has 2 aliphatic heterocycles. The molecule has 0 aliphatic carbocycles. The zero-order chi connectivity index (χ0) is 21.0. The first-order valence-electron chi connectivity index (χ1n) is 9.93. The molecule has 2 aromatic rings. The number of hydrogen-bond donors (Lipinski definition) is 1. The van der Waals surface area contributed by atoms with Gasteiger partial charge in [0.25, 0.3) is 12.9 Å². The van der Waals surface area contributed by atoms with Gasteiger partial charge in [-0.3, -0.25) is 0 Å². The second kappa shape index (κ2) is 7.62. The zero-order valence-corrected chi connectivity index (χ0v) is 18.1. The standard InChI is InChI=1S/C21H26F4NOS2/c1-26(2)13-3-4-14(26)10-12(9-13)11-21(27,17-7-5-15(28-17)19(22)23)18-8-6-16(29-18)20(24)25/h5-8,12-14,19-20,27H,3-4,9-11H2,1-2H3/q+1. The van der Waals surface area contributed by atoms with Gasteiger partial charge in [-0.25, -0.2) is 17.6 Å². The van der Waals surface area contributed by atoms with E-state index in [9.17, 15) is 22.7 Å². The van der Waals surface area contributed by atoms with Crippen LogP contribution in [-0.2, 0) is 5.60 Å². The molecule has 2 nitrogen and oxygen atoms in total. The molecule has 8 heteroatoms. The molecule has 1 N–H and O–H groups in total. The van der Waals surface area contributed by atoms with Crippen LogP contribution in [0.3, 0.4) is 0 Å². The minimum Gasteiger partial charge on any atom is -0.379 e. The van der Waals surface area contributed by atoms with E-state index in [2.05, 4.69) is 14.1 Å². The number of aliphatic hydroxyl groups is 1. The summed E-state index contributed by atoms with van der Waals surface area (Å²) in [7, 11) is 4.51. The summed E-state index contributed by atoms with van der Waals surface area (Å²) < 4.78 is 53.7. The van der Waals surface area contributed by atoms with Crippen LogP contribution < -0.4 is 0 Å². The highest BCUT2D eigenvalue weighted by atomic mass is 32.1. The van der Waals surface area contributed by atoms with Crippen molar-refractivity contribution in [2.75, 3.05) is 14.1 Å². The average molecular weight is 449 g/mol. The molecule has 2 saturated heterocycles. The summed E-state index contributed by atoms with van der Waals surface area (Å²) in [5.74, 6) is 0.234. The zero-order valence-electron chi connectivity index (χ0n) is 16.5. The van der Waals surface area contributed by atoms with Crippen molar-refractivity contribution < 1.29 is 27.2 Å². The first-order valence-corrected chi connectivity index (χ1v) is 11.6. The summed E-state index contributed by atoms with van der Waals surface area (Å²) in [5.41, 5.74) is -1.51. The number of nitrogens with zero attached hydrogens (tertiary/aromatic N) is 1. The van der Waals surface area contributed by atoms with Crippen LogP contribution in [0, 0.1) is 5.92 Å². The molecule has 2 atom stereocenters. The molecule has 160 valence electrons. The number of hydrogen-bond acceptors (Lipinski definition) is 3. The fourth-order valence-electron chi connectivity index (χ4n) is 5.29. The molecule has 0 saturated carbocycles. The van der Waals surface area contributed by atoms with Gasteiger partial charge in [-0.2, -0.15) is 0 Å². The van der Waals surface area contributed by atoms with Gasteiger partial charge in [0.15, 0.2) is 0 Å². The van der Waals surface area contributed by atoms with E-state index < -0.39 is 18.5 Å². The molecule has 2 fully saturated rings. The molecule has 2 aromatic heterocycles. The molecular weight excluding hydrogens is 422 g/mol. The first kappa shape index (κ1) is 21.3. The summed E-state index contributed by atoms with van der Waals surface area (Å²) in [5, 5.41) is 11.7. The monoisotopic (exact) mass is 448 g/mol. The Hall–Kier alpha value is -0.960. The lowest BCUT2D eigenvalue weighted by Crippen LogP contribution is -2.55. The summed E-state index contributed by atoms with van der Waals surface area (Å²) in [6.45, 7) is 0. The Kier molecular flexibility index (Phi) is 5.59. The average Bonchev–Trinajstić information content (AvgIpc) is 3.34. The lowest BCUT2D eigenvalue weighted by atomic mass is 9.79. The number of fused-ring (bicyclic) bond motifs is 2. The normalized spacial score (nSPS) is 26.6. The molecule has 0 spiro atoms. The van der Waals surface area contributed by atoms with Gasteiger partial charge in [0.2, 0.25) is 0 Å². The number of halogens is 4. The third-order valence-electron chi connectivity index (χ3n) is 7.01. The lowest BCUT2D eigenvalue weighted by molar-refractivity contribution is -0.931. The first-order chi connectivity index (χ1) is 13.6.